The summed E-state index contributed by atoms with van der Waals surface area (Å²) in [6, 6.07) is 8.73. The summed E-state index contributed by atoms with van der Waals surface area (Å²) in [5, 5.41) is 6.54. The molecule has 172 valence electrons. The molecule has 0 radical (unpaired) electrons. The highest BCUT2D eigenvalue weighted by atomic mass is 16.5. The van der Waals surface area contributed by atoms with E-state index in [9.17, 15) is 4.79 Å². The van der Waals surface area contributed by atoms with E-state index in [1.807, 2.05) is 0 Å². The van der Waals surface area contributed by atoms with Crippen LogP contribution in [0.15, 0.2) is 29.3 Å². The van der Waals surface area contributed by atoms with Gasteiger partial charge in [-0.1, -0.05) is 24.3 Å². The first-order valence-corrected chi connectivity index (χ1v) is 11.4. The van der Waals surface area contributed by atoms with Crippen LogP contribution in [0.25, 0.3) is 0 Å². The van der Waals surface area contributed by atoms with Crippen LogP contribution >= 0.6 is 0 Å². The Morgan fingerprint density at radius 2 is 1.68 bits per heavy atom. The summed E-state index contributed by atoms with van der Waals surface area (Å²) in [4.78, 5) is 23.2. The minimum absolute atomic E-state index is 0.0222. The Kier molecular flexibility index (Phi) is 9.58. The minimum atomic E-state index is 0.0222. The van der Waals surface area contributed by atoms with Crippen molar-refractivity contribution in [2.45, 2.75) is 25.9 Å². The monoisotopic (exact) mass is 430 g/mol. The zero-order valence-electron chi connectivity index (χ0n) is 19.1. The number of hydrogen-bond donors (Lipinski definition) is 2. The van der Waals surface area contributed by atoms with E-state index in [1.165, 1.54) is 37.1 Å². The van der Waals surface area contributed by atoms with Crippen molar-refractivity contribution in [3.63, 3.8) is 0 Å². The number of likely N-dealkylation sites (tertiary alicyclic amines) is 1. The lowest BCUT2D eigenvalue weighted by Gasteiger charge is -2.26. The van der Waals surface area contributed by atoms with Gasteiger partial charge in [-0.05, 0) is 37.1 Å². The number of guanidine groups is 1. The second kappa shape index (κ2) is 12.6. The number of likely N-dealkylation sites (N-methyl/N-ethyl adjacent to an activating group) is 1. The first kappa shape index (κ1) is 23.5. The van der Waals surface area contributed by atoms with Crippen molar-refractivity contribution in [2.75, 3.05) is 73.1 Å². The second-order valence-electron chi connectivity index (χ2n) is 8.49. The quantitative estimate of drug-likeness (QED) is 0.445. The van der Waals surface area contributed by atoms with E-state index < -0.39 is 0 Å². The molecular formula is C23H38N6O2. The molecule has 31 heavy (non-hydrogen) atoms. The largest absolute Gasteiger partial charge is 0.379 e. The Morgan fingerprint density at radius 3 is 2.35 bits per heavy atom. The number of morpholine rings is 1. The molecule has 0 aliphatic carbocycles. The lowest BCUT2D eigenvalue weighted by Crippen LogP contribution is -2.46. The van der Waals surface area contributed by atoms with Crippen molar-refractivity contribution >= 4 is 11.9 Å². The fourth-order valence-electron chi connectivity index (χ4n) is 3.77. The Labute approximate surface area is 186 Å². The Balaban J connectivity index is 1.51. The number of nitrogens with zero attached hydrogens (tertiary/aromatic N) is 4. The van der Waals surface area contributed by atoms with Crippen LogP contribution in [0.5, 0.6) is 0 Å². The van der Waals surface area contributed by atoms with Gasteiger partial charge >= 0.3 is 0 Å². The van der Waals surface area contributed by atoms with Gasteiger partial charge in [-0.25, -0.2) is 4.99 Å². The number of amides is 1. The normalized spacial score (nSPS) is 18.2. The summed E-state index contributed by atoms with van der Waals surface area (Å²) in [6.07, 6.45) is 2.63. The second-order valence-corrected chi connectivity index (χ2v) is 8.49. The van der Waals surface area contributed by atoms with Crippen LogP contribution < -0.4 is 10.6 Å². The summed E-state index contributed by atoms with van der Waals surface area (Å²) in [5.41, 5.74) is 2.52. The van der Waals surface area contributed by atoms with Gasteiger partial charge in [0.1, 0.15) is 0 Å². The van der Waals surface area contributed by atoms with E-state index in [0.29, 0.717) is 12.5 Å². The van der Waals surface area contributed by atoms with Crippen LogP contribution in [0.3, 0.4) is 0 Å². The predicted octanol–water partition coefficient (Wildman–Crippen LogP) is 0.738. The molecule has 8 nitrogen and oxygen atoms in total. The Hall–Kier alpha value is -2.16. The maximum Gasteiger partial charge on any atom is 0.241 e. The molecule has 0 unspecified atom stereocenters. The van der Waals surface area contributed by atoms with E-state index in [-0.39, 0.29) is 12.5 Å². The Morgan fingerprint density at radius 1 is 1.00 bits per heavy atom. The highest BCUT2D eigenvalue weighted by Crippen LogP contribution is 2.13. The third kappa shape index (κ3) is 8.47. The van der Waals surface area contributed by atoms with Crippen LogP contribution in [0.2, 0.25) is 0 Å². The van der Waals surface area contributed by atoms with E-state index >= 15 is 0 Å². The fraction of sp³-hybridized carbons (Fsp3) is 0.652. The number of aliphatic imine (C=N–C) groups is 1. The molecule has 2 aliphatic rings. The van der Waals surface area contributed by atoms with Gasteiger partial charge in [0, 0.05) is 46.8 Å². The van der Waals surface area contributed by atoms with Crippen LogP contribution in [0.1, 0.15) is 24.0 Å². The molecule has 0 bridgehead atoms. The molecule has 0 spiro atoms. The van der Waals surface area contributed by atoms with Crippen molar-refractivity contribution < 1.29 is 9.53 Å². The van der Waals surface area contributed by atoms with Crippen LogP contribution in [0, 0.1) is 0 Å². The lowest BCUT2D eigenvalue weighted by molar-refractivity contribution is -0.127. The molecule has 2 aliphatic heterocycles. The van der Waals surface area contributed by atoms with Gasteiger partial charge in [-0.2, -0.15) is 0 Å². The zero-order valence-corrected chi connectivity index (χ0v) is 19.1. The SMILES string of the molecule is CN(C)C(=O)CNC(=NCc1ccc(CN2CCCC2)cc1)NCCN1CCOCC1. The van der Waals surface area contributed by atoms with Gasteiger partial charge in [0.15, 0.2) is 5.96 Å². The minimum Gasteiger partial charge on any atom is -0.379 e. The molecule has 0 atom stereocenters. The summed E-state index contributed by atoms with van der Waals surface area (Å²) in [6.45, 7) is 9.48. The van der Waals surface area contributed by atoms with Crippen LogP contribution in [-0.4, -0.2) is 99.7 Å². The first-order valence-electron chi connectivity index (χ1n) is 11.4. The van der Waals surface area contributed by atoms with E-state index in [1.54, 1.807) is 19.0 Å². The van der Waals surface area contributed by atoms with Gasteiger partial charge in [0.25, 0.3) is 0 Å². The van der Waals surface area contributed by atoms with Gasteiger partial charge < -0.3 is 20.3 Å². The number of rotatable bonds is 9. The third-order valence-electron chi connectivity index (χ3n) is 5.78. The molecule has 2 N–H and O–H groups in total. The highest BCUT2D eigenvalue weighted by molar-refractivity contribution is 5.86. The van der Waals surface area contributed by atoms with Crippen molar-refractivity contribution in [1.82, 2.24) is 25.3 Å². The van der Waals surface area contributed by atoms with Crippen molar-refractivity contribution in [2.24, 2.45) is 4.99 Å². The summed E-state index contributed by atoms with van der Waals surface area (Å²) < 4.78 is 5.40. The van der Waals surface area contributed by atoms with E-state index in [0.717, 1.165) is 45.9 Å². The smallest absolute Gasteiger partial charge is 0.241 e. The Bertz CT molecular complexity index is 695. The van der Waals surface area contributed by atoms with Gasteiger partial charge in [-0.3, -0.25) is 14.6 Å². The predicted molar refractivity (Wildman–Crippen MR) is 124 cm³/mol. The molecule has 1 amide bonds. The molecule has 1 aromatic carbocycles. The standard InChI is InChI=1S/C23H38N6O2/c1-27(2)22(30)18-26-23(24-9-12-28-13-15-31-16-14-28)25-17-20-5-7-21(8-6-20)19-29-10-3-4-11-29/h5-8H,3-4,9-19H2,1-2H3,(H2,24,25,26). The van der Waals surface area contributed by atoms with Gasteiger partial charge in [0.2, 0.25) is 5.91 Å². The fourth-order valence-corrected chi connectivity index (χ4v) is 3.77. The van der Waals surface area contributed by atoms with Crippen molar-refractivity contribution in [1.29, 1.82) is 0 Å². The van der Waals surface area contributed by atoms with E-state index in [4.69, 9.17) is 9.73 Å². The number of hydrogen-bond acceptors (Lipinski definition) is 5. The molecule has 3 rings (SSSR count). The maximum absolute atomic E-state index is 12.0. The zero-order chi connectivity index (χ0) is 21.9. The molecular weight excluding hydrogens is 392 g/mol. The molecule has 8 heteroatoms. The molecule has 2 heterocycles. The lowest BCUT2D eigenvalue weighted by atomic mass is 10.1. The van der Waals surface area contributed by atoms with Gasteiger partial charge in [0.05, 0.1) is 26.3 Å². The molecule has 2 saturated heterocycles. The average molecular weight is 431 g/mol. The van der Waals surface area contributed by atoms with Crippen LogP contribution in [-0.2, 0) is 22.6 Å². The molecule has 0 saturated carbocycles. The number of ether oxygens (including phenoxy) is 1. The molecule has 1 aromatic rings. The first-order chi connectivity index (χ1) is 15.1. The molecule has 0 aromatic heterocycles. The summed E-state index contributed by atoms with van der Waals surface area (Å²) in [5.74, 6) is 0.693. The number of carbonyl (C=O) groups excluding carboxylic acids is 1. The average Bonchev–Trinajstić information content (AvgIpc) is 3.29. The topological polar surface area (TPSA) is 72.4 Å². The maximum atomic E-state index is 12.0. The number of nitrogens with one attached hydrogen (secondary N) is 2. The number of benzene rings is 1. The number of carbonyl (C=O) groups is 1. The van der Waals surface area contributed by atoms with Gasteiger partial charge in [-0.15, -0.1) is 0 Å². The van der Waals surface area contributed by atoms with E-state index in [2.05, 4.69) is 44.7 Å². The van der Waals surface area contributed by atoms with Crippen molar-refractivity contribution in [3.8, 4) is 0 Å². The summed E-state index contributed by atoms with van der Waals surface area (Å²) in [7, 11) is 3.52. The van der Waals surface area contributed by atoms with Crippen LogP contribution in [0.4, 0.5) is 0 Å². The molecule has 2 fully saturated rings. The third-order valence-corrected chi connectivity index (χ3v) is 5.78. The highest BCUT2D eigenvalue weighted by Gasteiger charge is 2.12. The van der Waals surface area contributed by atoms with Crippen molar-refractivity contribution in [3.05, 3.63) is 35.4 Å². The summed E-state index contributed by atoms with van der Waals surface area (Å²) >= 11 is 0.